The van der Waals surface area contributed by atoms with Gasteiger partial charge in [0.2, 0.25) is 5.91 Å². The zero-order chi connectivity index (χ0) is 12.6. The van der Waals surface area contributed by atoms with Crippen molar-refractivity contribution in [1.29, 1.82) is 0 Å². The Hall–Kier alpha value is -1.08. The topological polar surface area (TPSA) is 54.5 Å². The molecule has 0 radical (unpaired) electrons. The lowest BCUT2D eigenvalue weighted by molar-refractivity contribution is -0.117. The van der Waals surface area contributed by atoms with Crippen LogP contribution in [0.2, 0.25) is 0 Å². The number of thiol groups is 1. The van der Waals surface area contributed by atoms with E-state index in [4.69, 9.17) is 0 Å². The maximum Gasteiger partial charge on any atom is 0.307 e. The zero-order valence-electron chi connectivity index (χ0n) is 8.71. The van der Waals surface area contributed by atoms with Gasteiger partial charge in [0.1, 0.15) is 5.25 Å². The molecule has 0 aromatic heterocycles. The molecule has 92 valence electrons. The highest BCUT2D eigenvalue weighted by Crippen LogP contribution is 2.30. The third-order valence-corrected chi connectivity index (χ3v) is 4.15. The predicted octanol–water partition coefficient (Wildman–Crippen LogP) is 1.38. The Morgan fingerprint density at radius 1 is 1.35 bits per heavy atom. The first-order valence-electron chi connectivity index (χ1n) is 4.91. The van der Waals surface area contributed by atoms with Crippen molar-refractivity contribution in [3.63, 3.8) is 0 Å². The van der Waals surface area contributed by atoms with Gasteiger partial charge in [0.15, 0.2) is 0 Å². The highest BCUT2D eigenvalue weighted by atomic mass is 32.3. The first-order valence-corrected chi connectivity index (χ1v) is 6.81. The number of anilines is 1. The molecule has 1 unspecified atom stereocenters. The molecular formula is C10H10FNO3S2. The molecule has 2 rings (SSSR count). The van der Waals surface area contributed by atoms with Crippen LogP contribution in [-0.2, 0) is 15.0 Å². The number of para-hydroxylation sites is 1. The van der Waals surface area contributed by atoms with E-state index in [1.807, 2.05) is 0 Å². The molecule has 1 fully saturated rings. The Balaban J connectivity index is 2.31. The van der Waals surface area contributed by atoms with Crippen LogP contribution in [0.3, 0.4) is 0 Å². The quantitative estimate of drug-likeness (QED) is 0.655. The monoisotopic (exact) mass is 275 g/mol. The maximum absolute atomic E-state index is 12.8. The van der Waals surface area contributed by atoms with E-state index >= 15 is 0 Å². The number of halogens is 1. The molecule has 0 spiro atoms. The molecule has 1 aliphatic heterocycles. The fourth-order valence-corrected chi connectivity index (χ4v) is 2.74. The van der Waals surface area contributed by atoms with Gasteiger partial charge < -0.3 is 4.90 Å². The van der Waals surface area contributed by atoms with Crippen molar-refractivity contribution >= 4 is 34.4 Å². The molecule has 7 heteroatoms. The minimum atomic E-state index is -4.68. The van der Waals surface area contributed by atoms with Gasteiger partial charge in [-0.05, 0) is 12.1 Å². The minimum Gasteiger partial charge on any atom is -0.310 e. The van der Waals surface area contributed by atoms with Crippen LogP contribution in [0.5, 0.6) is 0 Å². The summed E-state index contributed by atoms with van der Waals surface area (Å²) in [6.45, 7) is -0.158. The summed E-state index contributed by atoms with van der Waals surface area (Å²) in [5.41, 5.74) is 0.506. The molecule has 0 saturated carbocycles. The average Bonchev–Trinajstić information content (AvgIpc) is 2.61. The van der Waals surface area contributed by atoms with Crippen LogP contribution >= 0.6 is 12.6 Å². The van der Waals surface area contributed by atoms with Crippen LogP contribution in [0.4, 0.5) is 9.57 Å². The van der Waals surface area contributed by atoms with Gasteiger partial charge in [-0.15, -0.1) is 16.5 Å². The number of rotatable bonds is 2. The molecule has 1 heterocycles. The molecule has 0 bridgehead atoms. The zero-order valence-corrected chi connectivity index (χ0v) is 10.4. The largest absolute Gasteiger partial charge is 0.310 e. The lowest BCUT2D eigenvalue weighted by Crippen LogP contribution is -2.27. The van der Waals surface area contributed by atoms with Crippen LogP contribution in [0, 0.1) is 0 Å². The van der Waals surface area contributed by atoms with Crippen LogP contribution in [0.15, 0.2) is 29.2 Å². The van der Waals surface area contributed by atoms with Crippen molar-refractivity contribution in [3.8, 4) is 0 Å². The molecule has 17 heavy (non-hydrogen) atoms. The van der Waals surface area contributed by atoms with Gasteiger partial charge in [0.25, 0.3) is 0 Å². The second kappa shape index (κ2) is 4.30. The molecule has 1 atom stereocenters. The second-order valence-corrected chi connectivity index (χ2v) is 5.89. The fraction of sp³-hybridized carbons (Fsp3) is 0.300. The van der Waals surface area contributed by atoms with Gasteiger partial charge in [-0.1, -0.05) is 12.1 Å². The van der Waals surface area contributed by atoms with Gasteiger partial charge in [-0.25, -0.2) is 0 Å². The van der Waals surface area contributed by atoms with Crippen molar-refractivity contribution in [2.75, 3.05) is 11.4 Å². The van der Waals surface area contributed by atoms with Crippen LogP contribution in [0.25, 0.3) is 0 Å². The molecule has 1 amide bonds. The lowest BCUT2D eigenvalue weighted by Gasteiger charge is -2.17. The second-order valence-electron chi connectivity index (χ2n) is 3.79. The molecule has 0 N–H and O–H groups in total. The molecule has 4 nitrogen and oxygen atoms in total. The van der Waals surface area contributed by atoms with Gasteiger partial charge in [-0.2, -0.15) is 8.42 Å². The first kappa shape index (κ1) is 12.4. The number of carbonyl (C=O) groups is 1. The molecular weight excluding hydrogens is 265 g/mol. The van der Waals surface area contributed by atoms with Crippen LogP contribution < -0.4 is 4.90 Å². The SMILES string of the molecule is O=C1CC(S(=O)(=O)F)CN1c1ccccc1S. The molecule has 1 aliphatic rings. The minimum absolute atomic E-state index is 0.158. The normalized spacial score (nSPS) is 20.9. The summed E-state index contributed by atoms with van der Waals surface area (Å²) in [7, 11) is -4.68. The van der Waals surface area contributed by atoms with E-state index in [1.165, 1.54) is 4.90 Å². The molecule has 1 saturated heterocycles. The average molecular weight is 275 g/mol. The Morgan fingerprint density at radius 3 is 2.53 bits per heavy atom. The molecule has 1 aromatic carbocycles. The van der Waals surface area contributed by atoms with Crippen molar-refractivity contribution in [1.82, 2.24) is 0 Å². The smallest absolute Gasteiger partial charge is 0.307 e. The highest BCUT2D eigenvalue weighted by Gasteiger charge is 2.39. The van der Waals surface area contributed by atoms with Crippen molar-refractivity contribution in [2.45, 2.75) is 16.6 Å². The number of amides is 1. The Kier molecular flexibility index (Phi) is 3.13. The first-order chi connectivity index (χ1) is 7.89. The van der Waals surface area contributed by atoms with E-state index in [-0.39, 0.29) is 13.0 Å². The maximum atomic E-state index is 12.8. The number of hydrogen-bond acceptors (Lipinski definition) is 4. The fourth-order valence-electron chi connectivity index (χ4n) is 1.79. The molecule has 0 aliphatic carbocycles. The standard InChI is InChI=1S/C10H10FNO3S2/c11-17(14,15)7-5-10(13)12(6-7)8-3-1-2-4-9(8)16/h1-4,7,16H,5-6H2. The predicted molar refractivity (Wildman–Crippen MR) is 64.5 cm³/mol. The number of carbonyl (C=O) groups excluding carboxylic acids is 1. The summed E-state index contributed by atoms with van der Waals surface area (Å²) in [4.78, 5) is 13.5. The number of nitrogens with zero attached hydrogens (tertiary/aromatic N) is 1. The summed E-state index contributed by atoms with van der Waals surface area (Å²) < 4.78 is 34.4. The Bertz CT molecular complexity index is 558. The third-order valence-electron chi connectivity index (χ3n) is 2.66. The van der Waals surface area contributed by atoms with E-state index < -0.39 is 21.4 Å². The van der Waals surface area contributed by atoms with Crippen LogP contribution in [0.1, 0.15) is 6.42 Å². The van der Waals surface area contributed by atoms with Crippen molar-refractivity contribution < 1.29 is 17.1 Å². The van der Waals surface area contributed by atoms with Crippen molar-refractivity contribution in [3.05, 3.63) is 24.3 Å². The molecule has 1 aromatic rings. The summed E-state index contributed by atoms with van der Waals surface area (Å²) >= 11 is 4.18. The van der Waals surface area contributed by atoms with E-state index in [9.17, 15) is 17.1 Å². The summed E-state index contributed by atoms with van der Waals surface area (Å²) in [5.74, 6) is -0.405. The van der Waals surface area contributed by atoms with Gasteiger partial charge in [0, 0.05) is 17.9 Å². The van der Waals surface area contributed by atoms with E-state index in [2.05, 4.69) is 12.6 Å². The summed E-state index contributed by atoms with van der Waals surface area (Å²) in [6, 6.07) is 6.78. The van der Waals surface area contributed by atoms with Gasteiger partial charge in [0.05, 0.1) is 5.69 Å². The lowest BCUT2D eigenvalue weighted by atomic mass is 10.3. The van der Waals surface area contributed by atoms with E-state index in [0.29, 0.717) is 10.6 Å². The highest BCUT2D eigenvalue weighted by molar-refractivity contribution is 7.87. The number of benzene rings is 1. The third kappa shape index (κ3) is 2.44. The van der Waals surface area contributed by atoms with Gasteiger partial charge in [-0.3, -0.25) is 4.79 Å². The van der Waals surface area contributed by atoms with Crippen LogP contribution in [-0.4, -0.2) is 26.1 Å². The van der Waals surface area contributed by atoms with Crippen molar-refractivity contribution in [2.24, 2.45) is 0 Å². The Morgan fingerprint density at radius 2 is 2.00 bits per heavy atom. The van der Waals surface area contributed by atoms with E-state index in [0.717, 1.165) is 0 Å². The number of hydrogen-bond donors (Lipinski definition) is 1. The Labute approximate surface area is 104 Å². The summed E-state index contributed by atoms with van der Waals surface area (Å²) in [6.07, 6.45) is -0.319. The summed E-state index contributed by atoms with van der Waals surface area (Å²) in [5, 5.41) is -1.28. The van der Waals surface area contributed by atoms with Gasteiger partial charge >= 0.3 is 10.2 Å². The van der Waals surface area contributed by atoms with E-state index in [1.54, 1.807) is 24.3 Å².